The number of phosphoric acid groups is 1. The fourth-order valence-electron chi connectivity index (χ4n) is 5.83. The van der Waals surface area contributed by atoms with Crippen molar-refractivity contribution in [2.75, 3.05) is 14.2 Å². The highest BCUT2D eigenvalue weighted by Crippen LogP contribution is 2.61. The molecule has 0 fully saturated rings. The van der Waals surface area contributed by atoms with Gasteiger partial charge < -0.3 is 18.5 Å². The summed E-state index contributed by atoms with van der Waals surface area (Å²) in [5.74, 6) is 2.09. The molecule has 5 aromatic rings. The van der Waals surface area contributed by atoms with E-state index in [0.717, 1.165) is 62.7 Å². The van der Waals surface area contributed by atoms with E-state index in [1.54, 1.807) is 14.2 Å². The standard InChI is InChI=1S/C34H27O6P/c1-37-25-15-11-21(12-16-25)29-19-23-7-3-5-9-27(23)31-32-28-10-6-4-8-24(28)20-30(22-13-17-26(38-2)18-14-22)34(32)40-41(35,36)39-33(29)31/h3-5,7-9,11-20H,6,10H2,1-2H3,(H,35,36). The number of allylic oxidation sites excluding steroid dienone is 1. The van der Waals surface area contributed by atoms with Gasteiger partial charge in [0.15, 0.2) is 0 Å². The summed E-state index contributed by atoms with van der Waals surface area (Å²) < 4.78 is 36.5. The lowest BCUT2D eigenvalue weighted by atomic mass is 9.82. The van der Waals surface area contributed by atoms with Crippen LogP contribution in [-0.4, -0.2) is 19.1 Å². The normalized spacial score (nSPS) is 17.0. The van der Waals surface area contributed by atoms with Gasteiger partial charge in [0.05, 0.1) is 14.2 Å². The first-order chi connectivity index (χ1) is 20.0. The third-order valence-corrected chi connectivity index (χ3v) is 8.57. The number of rotatable bonds is 4. The summed E-state index contributed by atoms with van der Waals surface area (Å²) in [6.07, 6.45) is 5.89. The van der Waals surface area contributed by atoms with Gasteiger partial charge in [0.2, 0.25) is 0 Å². The Hall–Kier alpha value is -4.51. The molecule has 1 heterocycles. The van der Waals surface area contributed by atoms with Gasteiger partial charge in [-0.15, -0.1) is 0 Å². The molecule has 204 valence electrons. The Balaban J connectivity index is 1.62. The molecule has 2 aliphatic rings. The second-order valence-electron chi connectivity index (χ2n) is 10.1. The fraction of sp³-hybridized carbons (Fsp3) is 0.118. The van der Waals surface area contributed by atoms with Crippen molar-refractivity contribution in [3.8, 4) is 56.4 Å². The second kappa shape index (κ2) is 9.84. The van der Waals surface area contributed by atoms with E-state index < -0.39 is 7.82 Å². The maximum absolute atomic E-state index is 13.7. The molecule has 41 heavy (non-hydrogen) atoms. The van der Waals surface area contributed by atoms with Crippen LogP contribution in [-0.2, 0) is 11.0 Å². The van der Waals surface area contributed by atoms with Crippen molar-refractivity contribution < 1.29 is 28.0 Å². The van der Waals surface area contributed by atoms with Crippen molar-refractivity contribution >= 4 is 24.7 Å². The summed E-state index contributed by atoms with van der Waals surface area (Å²) in [6.45, 7) is 0. The zero-order valence-corrected chi connectivity index (χ0v) is 23.5. The molecule has 1 unspecified atom stereocenters. The van der Waals surface area contributed by atoms with Crippen molar-refractivity contribution in [3.63, 3.8) is 0 Å². The lowest BCUT2D eigenvalue weighted by Crippen LogP contribution is -2.03. The van der Waals surface area contributed by atoms with E-state index in [9.17, 15) is 9.46 Å². The monoisotopic (exact) mass is 562 g/mol. The molecular formula is C34H27O6P. The van der Waals surface area contributed by atoms with Crippen LogP contribution < -0.4 is 18.5 Å². The summed E-state index contributed by atoms with van der Waals surface area (Å²) >= 11 is 0. The Morgan fingerprint density at radius 2 is 1.34 bits per heavy atom. The molecule has 7 heteroatoms. The van der Waals surface area contributed by atoms with E-state index in [-0.39, 0.29) is 0 Å². The van der Waals surface area contributed by atoms with Gasteiger partial charge in [-0.1, -0.05) is 60.7 Å². The average Bonchev–Trinajstić information content (AvgIpc) is 3.13. The highest BCUT2D eigenvalue weighted by Gasteiger charge is 2.38. The van der Waals surface area contributed by atoms with Crippen LogP contribution in [0.15, 0.2) is 91.0 Å². The Labute approximate surface area is 238 Å². The van der Waals surface area contributed by atoms with E-state index in [0.29, 0.717) is 28.4 Å². The molecule has 5 aromatic carbocycles. The molecule has 1 atom stereocenters. The van der Waals surface area contributed by atoms with Gasteiger partial charge in [-0.05, 0) is 82.3 Å². The third-order valence-electron chi connectivity index (χ3n) is 7.75. The number of ether oxygens (including phenoxy) is 2. The second-order valence-corrected chi connectivity index (χ2v) is 11.4. The van der Waals surface area contributed by atoms with Crippen LogP contribution in [0.25, 0.3) is 50.2 Å². The van der Waals surface area contributed by atoms with Crippen LogP contribution in [0.1, 0.15) is 17.5 Å². The SMILES string of the molecule is COc1ccc(-c2cc3c(c4c2OP(=O)(O)Oc2c(-c5ccc(OC)cc5)cc5ccccc5c2-4)CCC=C3)cc1. The number of fused-ring (bicyclic) bond motifs is 7. The molecule has 0 saturated heterocycles. The van der Waals surface area contributed by atoms with Gasteiger partial charge >= 0.3 is 7.82 Å². The lowest BCUT2D eigenvalue weighted by Gasteiger charge is -2.23. The topological polar surface area (TPSA) is 74.2 Å². The largest absolute Gasteiger partial charge is 0.584 e. The Kier molecular flexibility index (Phi) is 6.11. The lowest BCUT2D eigenvalue weighted by molar-refractivity contribution is 0.295. The Morgan fingerprint density at radius 1 is 0.756 bits per heavy atom. The van der Waals surface area contributed by atoms with Gasteiger partial charge in [-0.25, -0.2) is 4.57 Å². The van der Waals surface area contributed by atoms with Crippen LogP contribution in [0.5, 0.6) is 23.0 Å². The molecule has 0 spiro atoms. The summed E-state index contributed by atoms with van der Waals surface area (Å²) in [5.41, 5.74) is 6.70. The zero-order valence-electron chi connectivity index (χ0n) is 22.6. The van der Waals surface area contributed by atoms with Crippen molar-refractivity contribution in [1.82, 2.24) is 0 Å². The van der Waals surface area contributed by atoms with E-state index in [4.69, 9.17) is 18.5 Å². The minimum absolute atomic E-state index is 0.321. The van der Waals surface area contributed by atoms with Crippen LogP contribution in [0.2, 0.25) is 0 Å². The molecule has 1 N–H and O–H groups in total. The van der Waals surface area contributed by atoms with Crippen molar-refractivity contribution in [2.24, 2.45) is 0 Å². The number of benzene rings is 5. The highest BCUT2D eigenvalue weighted by atomic mass is 31.2. The Morgan fingerprint density at radius 3 is 1.98 bits per heavy atom. The molecule has 0 radical (unpaired) electrons. The quantitative estimate of drug-likeness (QED) is 0.221. The number of methoxy groups -OCH3 is 2. The van der Waals surface area contributed by atoms with Crippen molar-refractivity contribution in [3.05, 3.63) is 102 Å². The summed E-state index contributed by atoms with van der Waals surface area (Å²) in [5, 5.41) is 1.89. The van der Waals surface area contributed by atoms with Crippen LogP contribution in [0.3, 0.4) is 0 Å². The first-order valence-electron chi connectivity index (χ1n) is 13.4. The maximum Gasteiger partial charge on any atom is 0.584 e. The van der Waals surface area contributed by atoms with Crippen LogP contribution in [0, 0.1) is 0 Å². The first kappa shape index (κ1) is 25.5. The van der Waals surface area contributed by atoms with Crippen LogP contribution >= 0.6 is 7.82 Å². The van der Waals surface area contributed by atoms with Crippen molar-refractivity contribution in [1.29, 1.82) is 0 Å². The van der Waals surface area contributed by atoms with Gasteiger partial charge in [-0.2, -0.15) is 0 Å². The number of hydrogen-bond acceptors (Lipinski definition) is 5. The maximum atomic E-state index is 13.7. The van der Waals surface area contributed by atoms with Gasteiger partial charge in [0, 0.05) is 22.3 Å². The van der Waals surface area contributed by atoms with Gasteiger partial charge in [-0.3, -0.25) is 4.89 Å². The van der Waals surface area contributed by atoms with Gasteiger partial charge in [0.1, 0.15) is 23.0 Å². The smallest absolute Gasteiger partial charge is 0.497 e. The summed E-state index contributed by atoms with van der Waals surface area (Å²) in [6, 6.07) is 27.2. The minimum Gasteiger partial charge on any atom is -0.497 e. The predicted molar refractivity (Wildman–Crippen MR) is 162 cm³/mol. The highest BCUT2D eigenvalue weighted by molar-refractivity contribution is 7.48. The first-order valence-corrected chi connectivity index (χ1v) is 14.9. The summed E-state index contributed by atoms with van der Waals surface area (Å²) in [4.78, 5) is 11.2. The zero-order chi connectivity index (χ0) is 28.1. The average molecular weight is 563 g/mol. The summed E-state index contributed by atoms with van der Waals surface area (Å²) in [7, 11) is -1.36. The van der Waals surface area contributed by atoms with E-state index >= 15 is 0 Å². The fourth-order valence-corrected chi connectivity index (χ4v) is 6.71. The third kappa shape index (κ3) is 4.37. The molecule has 0 saturated carbocycles. The molecule has 0 aromatic heterocycles. The number of hydrogen-bond donors (Lipinski definition) is 1. The molecule has 6 nitrogen and oxygen atoms in total. The van der Waals surface area contributed by atoms with E-state index in [1.807, 2.05) is 84.9 Å². The molecular weight excluding hydrogens is 535 g/mol. The van der Waals surface area contributed by atoms with Gasteiger partial charge in [0.25, 0.3) is 0 Å². The van der Waals surface area contributed by atoms with E-state index in [1.165, 1.54) is 0 Å². The van der Waals surface area contributed by atoms with Crippen molar-refractivity contribution in [2.45, 2.75) is 12.8 Å². The molecule has 0 amide bonds. The van der Waals surface area contributed by atoms with Crippen LogP contribution in [0.4, 0.5) is 0 Å². The molecule has 0 bridgehead atoms. The Bertz CT molecular complexity index is 1890. The molecule has 1 aliphatic carbocycles. The van der Waals surface area contributed by atoms with E-state index in [2.05, 4.69) is 12.2 Å². The molecule has 7 rings (SSSR count). The minimum atomic E-state index is -4.60. The molecule has 1 aliphatic heterocycles. The predicted octanol–water partition coefficient (Wildman–Crippen LogP) is 8.69. The number of phosphoric ester groups is 1.